The summed E-state index contributed by atoms with van der Waals surface area (Å²) in [6, 6.07) is 3.29. The average molecular weight is 194 g/mol. The topological polar surface area (TPSA) is 46.5 Å². The van der Waals surface area contributed by atoms with Crippen molar-refractivity contribution >= 4 is 5.97 Å². The highest BCUT2D eigenvalue weighted by Gasteiger charge is 2.10. The van der Waals surface area contributed by atoms with Crippen LogP contribution in [0.25, 0.3) is 0 Å². The predicted octanol–water partition coefficient (Wildman–Crippen LogP) is 2.26. The van der Waals surface area contributed by atoms with Crippen molar-refractivity contribution in [2.45, 2.75) is 20.3 Å². The Morgan fingerprint density at radius 3 is 2.57 bits per heavy atom. The summed E-state index contributed by atoms with van der Waals surface area (Å²) in [5.74, 6) is -0.108. The van der Waals surface area contributed by atoms with Crippen LogP contribution in [0.1, 0.15) is 28.4 Å². The normalized spacial score (nSPS) is 9.93. The van der Waals surface area contributed by atoms with Gasteiger partial charge in [0.2, 0.25) is 0 Å². The van der Waals surface area contributed by atoms with Crippen molar-refractivity contribution in [2.24, 2.45) is 0 Å². The first-order valence-corrected chi connectivity index (χ1v) is 4.51. The number of aryl methyl sites for hydroxylation is 2. The van der Waals surface area contributed by atoms with Gasteiger partial charge in [-0.1, -0.05) is 6.92 Å². The molecule has 0 amide bonds. The van der Waals surface area contributed by atoms with Crippen molar-refractivity contribution in [3.8, 4) is 5.75 Å². The fourth-order valence-electron chi connectivity index (χ4n) is 1.53. The maximum Gasteiger partial charge on any atom is 0.335 e. The highest BCUT2D eigenvalue weighted by atomic mass is 16.5. The molecule has 14 heavy (non-hydrogen) atoms. The number of carboxylic acids is 1. The minimum Gasteiger partial charge on any atom is -0.496 e. The maximum absolute atomic E-state index is 10.8. The van der Waals surface area contributed by atoms with Crippen molar-refractivity contribution < 1.29 is 14.6 Å². The largest absolute Gasteiger partial charge is 0.496 e. The van der Waals surface area contributed by atoms with E-state index in [1.165, 1.54) is 0 Å². The van der Waals surface area contributed by atoms with Gasteiger partial charge in [-0.3, -0.25) is 0 Å². The van der Waals surface area contributed by atoms with E-state index < -0.39 is 5.97 Å². The minimum atomic E-state index is -0.898. The molecule has 0 aliphatic carbocycles. The van der Waals surface area contributed by atoms with Crippen LogP contribution < -0.4 is 4.74 Å². The number of carbonyl (C=O) groups is 1. The Bertz CT molecular complexity index is 356. The molecule has 0 aliphatic heterocycles. The second-order valence-electron chi connectivity index (χ2n) is 3.14. The van der Waals surface area contributed by atoms with Gasteiger partial charge in [-0.2, -0.15) is 0 Å². The van der Waals surface area contributed by atoms with Crippen LogP contribution in [0.15, 0.2) is 12.1 Å². The molecule has 0 bridgehead atoms. The third-order valence-electron chi connectivity index (χ3n) is 2.18. The molecule has 76 valence electrons. The van der Waals surface area contributed by atoms with Crippen LogP contribution in [0.4, 0.5) is 0 Å². The molecule has 0 unspecified atom stereocenters. The molecule has 0 heterocycles. The number of hydrogen-bond acceptors (Lipinski definition) is 2. The molecule has 0 fully saturated rings. The van der Waals surface area contributed by atoms with Crippen LogP contribution >= 0.6 is 0 Å². The second kappa shape index (κ2) is 4.13. The van der Waals surface area contributed by atoms with E-state index in [9.17, 15) is 4.79 Å². The van der Waals surface area contributed by atoms with Gasteiger partial charge in [0.15, 0.2) is 0 Å². The summed E-state index contributed by atoms with van der Waals surface area (Å²) in [5, 5.41) is 8.85. The van der Waals surface area contributed by atoms with Gasteiger partial charge < -0.3 is 9.84 Å². The van der Waals surface area contributed by atoms with Gasteiger partial charge in [0.25, 0.3) is 0 Å². The zero-order valence-corrected chi connectivity index (χ0v) is 8.63. The Morgan fingerprint density at radius 1 is 1.50 bits per heavy atom. The van der Waals surface area contributed by atoms with Gasteiger partial charge in [-0.05, 0) is 36.6 Å². The Morgan fingerprint density at radius 2 is 2.14 bits per heavy atom. The molecule has 0 saturated heterocycles. The molecule has 0 spiro atoms. The number of rotatable bonds is 3. The molecule has 0 aliphatic rings. The van der Waals surface area contributed by atoms with Crippen LogP contribution in [0, 0.1) is 6.92 Å². The van der Waals surface area contributed by atoms with Crippen LogP contribution in [0.3, 0.4) is 0 Å². The molecule has 1 rings (SSSR count). The summed E-state index contributed by atoms with van der Waals surface area (Å²) in [5.41, 5.74) is 2.12. The molecule has 0 saturated carbocycles. The van der Waals surface area contributed by atoms with Crippen LogP contribution in [0.2, 0.25) is 0 Å². The van der Waals surface area contributed by atoms with Gasteiger partial charge in [0.1, 0.15) is 5.75 Å². The molecular formula is C11H14O3. The molecular weight excluding hydrogens is 180 g/mol. The lowest BCUT2D eigenvalue weighted by Gasteiger charge is -2.10. The van der Waals surface area contributed by atoms with Crippen molar-refractivity contribution in [3.63, 3.8) is 0 Å². The lowest BCUT2D eigenvalue weighted by atomic mass is 10.0. The molecule has 0 atom stereocenters. The fraction of sp³-hybridized carbons (Fsp3) is 0.364. The summed E-state index contributed by atoms with van der Waals surface area (Å²) >= 11 is 0. The summed E-state index contributed by atoms with van der Waals surface area (Å²) in [4.78, 5) is 10.8. The molecule has 1 aromatic rings. The van der Waals surface area contributed by atoms with E-state index >= 15 is 0 Å². The third kappa shape index (κ3) is 1.87. The number of hydrogen-bond donors (Lipinski definition) is 1. The number of methoxy groups -OCH3 is 1. The molecule has 1 N–H and O–H groups in total. The van der Waals surface area contributed by atoms with Crippen molar-refractivity contribution in [3.05, 3.63) is 28.8 Å². The van der Waals surface area contributed by atoms with Gasteiger partial charge in [-0.25, -0.2) is 4.79 Å². The SMILES string of the molecule is CCc1cc(C(=O)O)cc(C)c1OC. The molecule has 3 heteroatoms. The zero-order valence-electron chi connectivity index (χ0n) is 8.63. The van der Waals surface area contributed by atoms with E-state index in [1.807, 2.05) is 13.8 Å². The third-order valence-corrected chi connectivity index (χ3v) is 2.18. The van der Waals surface area contributed by atoms with Gasteiger partial charge >= 0.3 is 5.97 Å². The molecule has 1 aromatic carbocycles. The number of benzene rings is 1. The summed E-state index contributed by atoms with van der Waals surface area (Å²) in [6.45, 7) is 3.83. The summed E-state index contributed by atoms with van der Waals surface area (Å²) < 4.78 is 5.21. The Balaban J connectivity index is 3.31. The molecule has 3 nitrogen and oxygen atoms in total. The quantitative estimate of drug-likeness (QED) is 0.802. The molecule has 0 aromatic heterocycles. The highest BCUT2D eigenvalue weighted by molar-refractivity contribution is 5.88. The van der Waals surface area contributed by atoms with Crippen molar-refractivity contribution in [1.82, 2.24) is 0 Å². The summed E-state index contributed by atoms with van der Waals surface area (Å²) in [7, 11) is 1.60. The number of ether oxygens (including phenoxy) is 1. The average Bonchev–Trinajstić information content (AvgIpc) is 2.16. The Labute approximate surface area is 83.3 Å². The first kappa shape index (κ1) is 10.6. The Kier molecular flexibility index (Phi) is 3.12. The van der Waals surface area contributed by atoms with E-state index in [-0.39, 0.29) is 0 Å². The first-order chi connectivity index (χ1) is 6.60. The van der Waals surface area contributed by atoms with E-state index in [0.29, 0.717) is 5.56 Å². The fourth-order valence-corrected chi connectivity index (χ4v) is 1.53. The number of aromatic carboxylic acids is 1. The van der Waals surface area contributed by atoms with Crippen LogP contribution in [0.5, 0.6) is 5.75 Å². The maximum atomic E-state index is 10.8. The van der Waals surface area contributed by atoms with E-state index in [1.54, 1.807) is 19.2 Å². The second-order valence-corrected chi connectivity index (χ2v) is 3.14. The smallest absolute Gasteiger partial charge is 0.335 e. The van der Waals surface area contributed by atoms with Crippen LogP contribution in [-0.4, -0.2) is 18.2 Å². The van der Waals surface area contributed by atoms with E-state index in [0.717, 1.165) is 23.3 Å². The zero-order chi connectivity index (χ0) is 10.7. The standard InChI is InChI=1S/C11H14O3/c1-4-8-6-9(11(12)13)5-7(2)10(8)14-3/h5-6H,4H2,1-3H3,(H,12,13). The molecule has 0 radical (unpaired) electrons. The van der Waals surface area contributed by atoms with E-state index in [2.05, 4.69) is 0 Å². The minimum absolute atomic E-state index is 0.320. The summed E-state index contributed by atoms with van der Waals surface area (Å²) in [6.07, 6.45) is 0.769. The van der Waals surface area contributed by atoms with Crippen molar-refractivity contribution in [1.29, 1.82) is 0 Å². The lowest BCUT2D eigenvalue weighted by Crippen LogP contribution is -2.01. The Hall–Kier alpha value is -1.51. The van der Waals surface area contributed by atoms with Gasteiger partial charge in [0.05, 0.1) is 12.7 Å². The monoisotopic (exact) mass is 194 g/mol. The van der Waals surface area contributed by atoms with Gasteiger partial charge in [-0.15, -0.1) is 0 Å². The first-order valence-electron chi connectivity index (χ1n) is 4.51. The van der Waals surface area contributed by atoms with Gasteiger partial charge in [0, 0.05) is 0 Å². The van der Waals surface area contributed by atoms with E-state index in [4.69, 9.17) is 9.84 Å². The highest BCUT2D eigenvalue weighted by Crippen LogP contribution is 2.25. The van der Waals surface area contributed by atoms with Crippen LogP contribution in [-0.2, 0) is 6.42 Å². The van der Waals surface area contributed by atoms with Crippen molar-refractivity contribution in [2.75, 3.05) is 7.11 Å². The number of carboxylic acid groups (broad SMARTS) is 1. The predicted molar refractivity (Wildman–Crippen MR) is 54.1 cm³/mol. The lowest BCUT2D eigenvalue weighted by molar-refractivity contribution is 0.0696.